The van der Waals surface area contributed by atoms with Crippen molar-refractivity contribution in [3.63, 3.8) is 0 Å². The number of nitrogens with one attached hydrogen (secondary N) is 1. The first kappa shape index (κ1) is 10.3. The number of hydrogen-bond acceptors (Lipinski definition) is 2. The van der Waals surface area contributed by atoms with Crippen LogP contribution in [0.25, 0.3) is 0 Å². The first-order valence-electron chi connectivity index (χ1n) is 4.42. The molecule has 3 nitrogen and oxygen atoms in total. The molecule has 1 rings (SSSR count). The van der Waals surface area contributed by atoms with Gasteiger partial charge in [-0.15, -0.1) is 0 Å². The van der Waals surface area contributed by atoms with Gasteiger partial charge in [-0.2, -0.15) is 0 Å². The molecular formula is C11H13NO2. The minimum absolute atomic E-state index is 0.140. The number of carbonyl (C=O) groups excluding carboxylic acids is 1. The summed E-state index contributed by atoms with van der Waals surface area (Å²) in [7, 11) is 0. The third-order valence-electron chi connectivity index (χ3n) is 1.92. The van der Waals surface area contributed by atoms with Gasteiger partial charge < -0.3 is 10.4 Å². The Kier molecular flexibility index (Phi) is 3.29. The predicted molar refractivity (Wildman–Crippen MR) is 56.3 cm³/mol. The number of aromatic hydroxyl groups is 1. The zero-order valence-electron chi connectivity index (χ0n) is 8.08. The molecule has 0 aliphatic rings. The van der Waals surface area contributed by atoms with Crippen molar-refractivity contribution >= 4 is 11.6 Å². The first-order chi connectivity index (χ1) is 6.67. The summed E-state index contributed by atoms with van der Waals surface area (Å²) in [5.41, 5.74) is 1.62. The molecular weight excluding hydrogens is 178 g/mol. The molecule has 0 heterocycles. The maximum atomic E-state index is 11.0. The largest absolute Gasteiger partial charge is 0.508 e. The van der Waals surface area contributed by atoms with Crippen LogP contribution >= 0.6 is 0 Å². The molecule has 0 fully saturated rings. The molecule has 0 saturated heterocycles. The molecule has 0 atom stereocenters. The summed E-state index contributed by atoms with van der Waals surface area (Å²) >= 11 is 0. The molecule has 1 amide bonds. The minimum atomic E-state index is -0.273. The van der Waals surface area contributed by atoms with E-state index in [2.05, 4.69) is 11.9 Å². The van der Waals surface area contributed by atoms with Gasteiger partial charge in [0.25, 0.3) is 0 Å². The van der Waals surface area contributed by atoms with Crippen molar-refractivity contribution in [3.8, 4) is 5.75 Å². The predicted octanol–water partition coefficient (Wildman–Crippen LogP) is 2.08. The SMILES string of the molecule is C=CC(=O)Nc1cc(O)ccc1CC. The van der Waals surface area contributed by atoms with Crippen molar-refractivity contribution in [1.82, 2.24) is 0 Å². The van der Waals surface area contributed by atoms with Gasteiger partial charge in [0, 0.05) is 11.8 Å². The van der Waals surface area contributed by atoms with Crippen LogP contribution in [-0.2, 0) is 11.2 Å². The molecule has 0 bridgehead atoms. The number of hydrogen-bond donors (Lipinski definition) is 2. The van der Waals surface area contributed by atoms with Crippen LogP contribution in [0.5, 0.6) is 5.75 Å². The lowest BCUT2D eigenvalue weighted by Gasteiger charge is -2.08. The van der Waals surface area contributed by atoms with Crippen LogP contribution in [-0.4, -0.2) is 11.0 Å². The summed E-state index contributed by atoms with van der Waals surface area (Å²) in [6.07, 6.45) is 2.00. The second-order valence-corrected chi connectivity index (χ2v) is 2.89. The van der Waals surface area contributed by atoms with Gasteiger partial charge >= 0.3 is 0 Å². The van der Waals surface area contributed by atoms with Crippen molar-refractivity contribution in [2.45, 2.75) is 13.3 Å². The van der Waals surface area contributed by atoms with E-state index < -0.39 is 0 Å². The second-order valence-electron chi connectivity index (χ2n) is 2.89. The molecule has 0 aliphatic carbocycles. The molecule has 14 heavy (non-hydrogen) atoms. The number of anilines is 1. The zero-order valence-corrected chi connectivity index (χ0v) is 8.08. The Morgan fingerprint density at radius 3 is 2.93 bits per heavy atom. The van der Waals surface area contributed by atoms with E-state index in [4.69, 9.17) is 0 Å². The van der Waals surface area contributed by atoms with Crippen molar-refractivity contribution in [1.29, 1.82) is 0 Å². The number of benzene rings is 1. The van der Waals surface area contributed by atoms with Crippen LogP contribution < -0.4 is 5.32 Å². The Bertz CT molecular complexity index is 358. The van der Waals surface area contributed by atoms with Crippen molar-refractivity contribution in [3.05, 3.63) is 36.4 Å². The average molecular weight is 191 g/mol. The van der Waals surface area contributed by atoms with Gasteiger partial charge in [0.2, 0.25) is 5.91 Å². The van der Waals surface area contributed by atoms with E-state index in [0.29, 0.717) is 5.69 Å². The molecule has 0 spiro atoms. The molecule has 0 aliphatic heterocycles. The number of amides is 1. The van der Waals surface area contributed by atoms with Gasteiger partial charge in [0.1, 0.15) is 5.75 Å². The Labute approximate surface area is 83.1 Å². The first-order valence-corrected chi connectivity index (χ1v) is 4.42. The Morgan fingerprint density at radius 2 is 2.36 bits per heavy atom. The van der Waals surface area contributed by atoms with Crippen LogP contribution in [0.1, 0.15) is 12.5 Å². The fourth-order valence-electron chi connectivity index (χ4n) is 1.17. The number of phenols is 1. The molecule has 2 N–H and O–H groups in total. The van der Waals surface area contributed by atoms with Crippen molar-refractivity contribution < 1.29 is 9.90 Å². The van der Waals surface area contributed by atoms with Crippen LogP contribution in [0.15, 0.2) is 30.9 Å². The monoisotopic (exact) mass is 191 g/mol. The van der Waals surface area contributed by atoms with E-state index in [1.807, 2.05) is 6.92 Å². The minimum Gasteiger partial charge on any atom is -0.508 e. The summed E-state index contributed by atoms with van der Waals surface area (Å²) in [6.45, 7) is 5.34. The molecule has 1 aromatic rings. The van der Waals surface area contributed by atoms with Gasteiger partial charge in [0.15, 0.2) is 0 Å². The Balaban J connectivity index is 2.98. The van der Waals surface area contributed by atoms with E-state index in [0.717, 1.165) is 12.0 Å². The highest BCUT2D eigenvalue weighted by atomic mass is 16.3. The maximum absolute atomic E-state index is 11.0. The van der Waals surface area contributed by atoms with E-state index in [1.165, 1.54) is 12.1 Å². The van der Waals surface area contributed by atoms with E-state index in [9.17, 15) is 9.90 Å². The number of rotatable bonds is 3. The number of aryl methyl sites for hydroxylation is 1. The zero-order chi connectivity index (χ0) is 10.6. The molecule has 3 heteroatoms. The topological polar surface area (TPSA) is 49.3 Å². The van der Waals surface area contributed by atoms with Crippen molar-refractivity contribution in [2.75, 3.05) is 5.32 Å². The molecule has 0 saturated carbocycles. The fraction of sp³-hybridized carbons (Fsp3) is 0.182. The number of phenolic OH excluding ortho intramolecular Hbond substituents is 1. The number of carbonyl (C=O) groups is 1. The third kappa shape index (κ3) is 2.36. The lowest BCUT2D eigenvalue weighted by molar-refractivity contribution is -0.111. The van der Waals surface area contributed by atoms with Gasteiger partial charge in [-0.1, -0.05) is 19.6 Å². The van der Waals surface area contributed by atoms with E-state index >= 15 is 0 Å². The standard InChI is InChI=1S/C11H13NO2/c1-3-8-5-6-9(13)7-10(8)12-11(14)4-2/h4-7,13H,2-3H2,1H3,(H,12,14). The molecule has 0 unspecified atom stereocenters. The smallest absolute Gasteiger partial charge is 0.247 e. The summed E-state index contributed by atoms with van der Waals surface area (Å²) in [5, 5.41) is 11.9. The summed E-state index contributed by atoms with van der Waals surface area (Å²) < 4.78 is 0. The van der Waals surface area contributed by atoms with Crippen molar-refractivity contribution in [2.24, 2.45) is 0 Å². The van der Waals surface area contributed by atoms with Gasteiger partial charge in [0.05, 0.1) is 0 Å². The normalized spacial score (nSPS) is 9.50. The Hall–Kier alpha value is -1.77. The quantitative estimate of drug-likeness (QED) is 0.718. The lowest BCUT2D eigenvalue weighted by atomic mass is 10.1. The highest BCUT2D eigenvalue weighted by Crippen LogP contribution is 2.21. The molecule has 0 aromatic heterocycles. The lowest BCUT2D eigenvalue weighted by Crippen LogP contribution is -2.09. The van der Waals surface area contributed by atoms with Gasteiger partial charge in [-0.25, -0.2) is 0 Å². The van der Waals surface area contributed by atoms with Crippen LogP contribution in [0.2, 0.25) is 0 Å². The summed E-state index contributed by atoms with van der Waals surface area (Å²) in [4.78, 5) is 11.0. The highest BCUT2D eigenvalue weighted by Gasteiger charge is 2.03. The molecule has 1 aromatic carbocycles. The van der Waals surface area contributed by atoms with Crippen LogP contribution in [0, 0.1) is 0 Å². The van der Waals surface area contributed by atoms with Gasteiger partial charge in [-0.3, -0.25) is 4.79 Å². The second kappa shape index (κ2) is 4.46. The van der Waals surface area contributed by atoms with Crippen LogP contribution in [0.3, 0.4) is 0 Å². The summed E-state index contributed by atoms with van der Waals surface area (Å²) in [5.74, 6) is -0.133. The maximum Gasteiger partial charge on any atom is 0.247 e. The third-order valence-corrected chi connectivity index (χ3v) is 1.92. The van der Waals surface area contributed by atoms with Gasteiger partial charge in [-0.05, 0) is 24.1 Å². The fourth-order valence-corrected chi connectivity index (χ4v) is 1.17. The average Bonchev–Trinajstić information content (AvgIpc) is 2.18. The summed E-state index contributed by atoms with van der Waals surface area (Å²) in [6, 6.07) is 4.91. The van der Waals surface area contributed by atoms with Crippen LogP contribution in [0.4, 0.5) is 5.69 Å². The molecule has 74 valence electrons. The highest BCUT2D eigenvalue weighted by molar-refractivity contribution is 5.99. The van der Waals surface area contributed by atoms with E-state index in [-0.39, 0.29) is 11.7 Å². The van der Waals surface area contributed by atoms with E-state index in [1.54, 1.807) is 12.1 Å². The Morgan fingerprint density at radius 1 is 1.64 bits per heavy atom. The molecule has 0 radical (unpaired) electrons.